The Morgan fingerprint density at radius 1 is 1.33 bits per heavy atom. The van der Waals surface area contributed by atoms with Gasteiger partial charge in [0.2, 0.25) is 0 Å². The molecule has 15 heavy (non-hydrogen) atoms. The molecule has 0 aromatic heterocycles. The first kappa shape index (κ1) is 14.1. The highest BCUT2D eigenvalue weighted by molar-refractivity contribution is 5.73. The summed E-state index contributed by atoms with van der Waals surface area (Å²) in [4.78, 5) is 10.3. The Labute approximate surface area is 82.3 Å². The minimum atomic E-state index is -5.64. The third kappa shape index (κ3) is 3.98. The minimum Gasteiger partial charge on any atom is -0.480 e. The van der Waals surface area contributed by atoms with Crippen molar-refractivity contribution in [3.8, 4) is 0 Å². The normalized spacial score (nSPS) is 15.1. The largest absolute Gasteiger partial charge is 0.480 e. The Bertz CT molecular complexity index is 228. The summed E-state index contributed by atoms with van der Waals surface area (Å²) in [7, 11) is 1.17. The van der Waals surface area contributed by atoms with Crippen LogP contribution in [0.3, 0.4) is 0 Å². The zero-order chi connectivity index (χ0) is 12.3. The lowest BCUT2D eigenvalue weighted by molar-refractivity contribution is -0.284. The topological polar surface area (TPSA) is 49.3 Å². The third-order valence-corrected chi connectivity index (χ3v) is 1.81. The molecule has 0 bridgehead atoms. The molecular weight excluding hydrogens is 225 g/mol. The van der Waals surface area contributed by atoms with Gasteiger partial charge in [0.1, 0.15) is 6.04 Å². The maximum atomic E-state index is 12.3. The van der Waals surface area contributed by atoms with Crippen molar-refractivity contribution < 1.29 is 31.9 Å². The molecule has 0 saturated carbocycles. The number of alkyl halides is 5. The van der Waals surface area contributed by atoms with Gasteiger partial charge in [-0.2, -0.15) is 22.0 Å². The van der Waals surface area contributed by atoms with Crippen LogP contribution in [0.15, 0.2) is 0 Å². The lowest BCUT2D eigenvalue weighted by Gasteiger charge is -2.21. The van der Waals surface area contributed by atoms with Gasteiger partial charge in [-0.15, -0.1) is 0 Å². The molecule has 1 atom stereocenters. The van der Waals surface area contributed by atoms with E-state index in [1.54, 1.807) is 0 Å². The van der Waals surface area contributed by atoms with E-state index in [4.69, 9.17) is 5.11 Å². The highest BCUT2D eigenvalue weighted by atomic mass is 19.4. The second-order valence-electron chi connectivity index (χ2n) is 2.92. The van der Waals surface area contributed by atoms with Gasteiger partial charge < -0.3 is 10.4 Å². The van der Waals surface area contributed by atoms with E-state index in [0.717, 1.165) is 0 Å². The summed E-state index contributed by atoms with van der Waals surface area (Å²) in [5, 5.41) is 10.5. The molecular formula is C7H10F5NO2. The number of aliphatic carboxylic acids is 1. The van der Waals surface area contributed by atoms with Crippen molar-refractivity contribution >= 4 is 5.97 Å². The van der Waals surface area contributed by atoms with Crippen molar-refractivity contribution in [3.05, 3.63) is 0 Å². The van der Waals surface area contributed by atoms with E-state index in [2.05, 4.69) is 5.32 Å². The van der Waals surface area contributed by atoms with Crippen LogP contribution in [0.4, 0.5) is 22.0 Å². The smallest absolute Gasteiger partial charge is 0.453 e. The monoisotopic (exact) mass is 235 g/mol. The van der Waals surface area contributed by atoms with E-state index in [1.807, 2.05) is 0 Å². The standard InChI is InChI=1S/C7H10F5NO2/c1-13-4(5(14)15)2-3-6(8,9)7(10,11)12/h4,13H,2-3H2,1H3,(H,14,15). The molecule has 0 saturated heterocycles. The molecule has 0 spiro atoms. The fraction of sp³-hybridized carbons (Fsp3) is 0.857. The van der Waals surface area contributed by atoms with Gasteiger partial charge in [0.05, 0.1) is 0 Å². The predicted molar refractivity (Wildman–Crippen MR) is 40.7 cm³/mol. The molecule has 0 aromatic carbocycles. The number of hydrogen-bond donors (Lipinski definition) is 2. The Balaban J connectivity index is 4.31. The van der Waals surface area contributed by atoms with Crippen molar-refractivity contribution in [1.82, 2.24) is 5.32 Å². The first-order valence-electron chi connectivity index (χ1n) is 3.96. The number of rotatable bonds is 5. The zero-order valence-corrected chi connectivity index (χ0v) is 7.74. The third-order valence-electron chi connectivity index (χ3n) is 1.81. The van der Waals surface area contributed by atoms with Gasteiger partial charge in [-0.3, -0.25) is 4.79 Å². The molecule has 0 heterocycles. The van der Waals surface area contributed by atoms with Gasteiger partial charge in [-0.25, -0.2) is 0 Å². The van der Waals surface area contributed by atoms with Crippen LogP contribution in [-0.4, -0.2) is 36.3 Å². The van der Waals surface area contributed by atoms with Crippen LogP contribution in [0.25, 0.3) is 0 Å². The molecule has 0 fully saturated rings. The molecule has 0 aliphatic carbocycles. The number of nitrogens with one attached hydrogen (secondary N) is 1. The molecule has 0 aliphatic heterocycles. The fourth-order valence-electron chi connectivity index (χ4n) is 0.859. The van der Waals surface area contributed by atoms with Crippen LogP contribution in [0.2, 0.25) is 0 Å². The minimum absolute atomic E-state index is 0.793. The van der Waals surface area contributed by atoms with Gasteiger partial charge in [-0.1, -0.05) is 0 Å². The molecule has 90 valence electrons. The van der Waals surface area contributed by atoms with Gasteiger partial charge in [0, 0.05) is 6.42 Å². The van der Waals surface area contributed by atoms with Crippen molar-refractivity contribution in [3.63, 3.8) is 0 Å². The highest BCUT2D eigenvalue weighted by Gasteiger charge is 2.56. The van der Waals surface area contributed by atoms with Crippen molar-refractivity contribution in [2.75, 3.05) is 7.05 Å². The fourth-order valence-corrected chi connectivity index (χ4v) is 0.859. The zero-order valence-electron chi connectivity index (χ0n) is 7.74. The number of halogens is 5. The van der Waals surface area contributed by atoms with Crippen LogP contribution in [0, 0.1) is 0 Å². The molecule has 0 aliphatic rings. The van der Waals surface area contributed by atoms with E-state index < -0.39 is 37.0 Å². The first-order chi connectivity index (χ1) is 6.62. The highest BCUT2D eigenvalue weighted by Crippen LogP contribution is 2.39. The molecule has 0 rings (SSSR count). The summed E-state index contributed by atoms with van der Waals surface area (Å²) in [6.07, 6.45) is -7.98. The summed E-state index contributed by atoms with van der Waals surface area (Å²) in [6.45, 7) is 0. The summed E-state index contributed by atoms with van der Waals surface area (Å²) in [5.41, 5.74) is 0. The quantitative estimate of drug-likeness (QED) is 0.712. The van der Waals surface area contributed by atoms with Gasteiger partial charge in [0.25, 0.3) is 0 Å². The number of carbonyl (C=O) groups is 1. The van der Waals surface area contributed by atoms with E-state index in [-0.39, 0.29) is 0 Å². The average molecular weight is 235 g/mol. The molecule has 0 radical (unpaired) electrons. The Morgan fingerprint density at radius 2 is 1.80 bits per heavy atom. The van der Waals surface area contributed by atoms with Gasteiger partial charge in [-0.05, 0) is 13.5 Å². The maximum absolute atomic E-state index is 12.3. The van der Waals surface area contributed by atoms with Crippen molar-refractivity contribution in [2.24, 2.45) is 0 Å². The second-order valence-corrected chi connectivity index (χ2v) is 2.92. The number of likely N-dealkylation sites (N-methyl/N-ethyl adjacent to an activating group) is 1. The van der Waals surface area contributed by atoms with E-state index in [1.165, 1.54) is 7.05 Å². The number of hydrogen-bond acceptors (Lipinski definition) is 2. The van der Waals surface area contributed by atoms with Crippen LogP contribution in [-0.2, 0) is 4.79 Å². The average Bonchev–Trinajstić information content (AvgIpc) is 2.02. The first-order valence-corrected chi connectivity index (χ1v) is 3.96. The SMILES string of the molecule is CNC(CCC(F)(F)C(F)(F)F)C(=O)O. The van der Waals surface area contributed by atoms with E-state index in [9.17, 15) is 26.7 Å². The molecule has 3 nitrogen and oxygen atoms in total. The van der Waals surface area contributed by atoms with Crippen LogP contribution in [0.1, 0.15) is 12.8 Å². The van der Waals surface area contributed by atoms with Crippen LogP contribution in [0.5, 0.6) is 0 Å². The lowest BCUT2D eigenvalue weighted by Crippen LogP contribution is -2.40. The van der Waals surface area contributed by atoms with Crippen LogP contribution < -0.4 is 5.32 Å². The van der Waals surface area contributed by atoms with Crippen molar-refractivity contribution in [1.29, 1.82) is 0 Å². The molecule has 0 aromatic rings. The maximum Gasteiger partial charge on any atom is 0.453 e. The summed E-state index contributed by atoms with van der Waals surface area (Å²) in [5.74, 6) is -6.31. The van der Waals surface area contributed by atoms with Gasteiger partial charge in [0.15, 0.2) is 0 Å². The van der Waals surface area contributed by atoms with Crippen molar-refractivity contribution in [2.45, 2.75) is 31.0 Å². The lowest BCUT2D eigenvalue weighted by atomic mass is 10.1. The predicted octanol–water partition coefficient (Wildman–Crippen LogP) is 1.64. The molecule has 2 N–H and O–H groups in total. The Kier molecular flexibility index (Phi) is 4.44. The number of carboxylic acid groups (broad SMARTS) is 1. The summed E-state index contributed by atoms with van der Waals surface area (Å²) < 4.78 is 59.7. The molecule has 0 amide bonds. The number of carboxylic acids is 1. The molecule has 1 unspecified atom stereocenters. The summed E-state index contributed by atoms with van der Waals surface area (Å²) in [6, 6.07) is -1.40. The van der Waals surface area contributed by atoms with Crippen LogP contribution >= 0.6 is 0 Å². The second kappa shape index (κ2) is 4.73. The Hall–Kier alpha value is -0.920. The van der Waals surface area contributed by atoms with E-state index in [0.29, 0.717) is 0 Å². The Morgan fingerprint density at radius 3 is 2.07 bits per heavy atom. The van der Waals surface area contributed by atoms with Gasteiger partial charge >= 0.3 is 18.1 Å². The summed E-state index contributed by atoms with van der Waals surface area (Å²) >= 11 is 0. The molecule has 8 heteroatoms. The van der Waals surface area contributed by atoms with E-state index >= 15 is 0 Å².